The minimum Gasteiger partial charge on any atom is -0.345 e. The SMILES string of the molecule is O=C(CNC(=O)c1cccs1)NCC(=O)Nc1cccc(Cl)c1. The molecule has 0 atom stereocenters. The Labute approximate surface area is 141 Å². The molecule has 0 spiro atoms. The van der Waals surface area contributed by atoms with Gasteiger partial charge in [-0.05, 0) is 29.6 Å². The van der Waals surface area contributed by atoms with Gasteiger partial charge in [0.05, 0.1) is 18.0 Å². The molecular weight excluding hydrogens is 338 g/mol. The topological polar surface area (TPSA) is 87.3 Å². The molecule has 0 radical (unpaired) electrons. The zero-order chi connectivity index (χ0) is 16.7. The monoisotopic (exact) mass is 351 g/mol. The largest absolute Gasteiger partial charge is 0.345 e. The predicted molar refractivity (Wildman–Crippen MR) is 89.7 cm³/mol. The van der Waals surface area contributed by atoms with Gasteiger partial charge in [-0.25, -0.2) is 0 Å². The molecule has 0 unspecified atom stereocenters. The Morgan fingerprint density at radius 1 is 1.00 bits per heavy atom. The van der Waals surface area contributed by atoms with Crippen molar-refractivity contribution >= 4 is 46.3 Å². The average Bonchev–Trinajstić information content (AvgIpc) is 3.05. The van der Waals surface area contributed by atoms with Crippen molar-refractivity contribution in [3.63, 3.8) is 0 Å². The first-order chi connectivity index (χ1) is 11.0. The molecule has 1 aromatic heterocycles. The number of rotatable bonds is 6. The van der Waals surface area contributed by atoms with E-state index >= 15 is 0 Å². The van der Waals surface area contributed by atoms with Crippen LogP contribution in [0, 0.1) is 0 Å². The lowest BCUT2D eigenvalue weighted by Gasteiger charge is -2.08. The summed E-state index contributed by atoms with van der Waals surface area (Å²) in [7, 11) is 0. The maximum absolute atomic E-state index is 11.7. The van der Waals surface area contributed by atoms with Gasteiger partial charge in [0.15, 0.2) is 0 Å². The summed E-state index contributed by atoms with van der Waals surface area (Å²) in [5.41, 5.74) is 0.544. The third-order valence-corrected chi connectivity index (χ3v) is 3.81. The Balaban J connectivity index is 1.69. The van der Waals surface area contributed by atoms with Crippen LogP contribution < -0.4 is 16.0 Å². The summed E-state index contributed by atoms with van der Waals surface area (Å²) in [6.45, 7) is -0.388. The fourth-order valence-electron chi connectivity index (χ4n) is 1.67. The molecule has 0 aliphatic heterocycles. The molecule has 23 heavy (non-hydrogen) atoms. The standard InChI is InChI=1S/C15H14ClN3O3S/c16-10-3-1-4-11(7-10)19-14(21)9-17-13(20)8-18-15(22)12-5-2-6-23-12/h1-7H,8-9H2,(H,17,20)(H,18,22)(H,19,21). The van der Waals surface area contributed by atoms with Crippen LogP contribution in [0.25, 0.3) is 0 Å². The number of carbonyl (C=O) groups excluding carboxylic acids is 3. The molecule has 120 valence electrons. The summed E-state index contributed by atoms with van der Waals surface area (Å²) in [5, 5.41) is 9.78. The van der Waals surface area contributed by atoms with Crippen LogP contribution in [-0.4, -0.2) is 30.8 Å². The number of halogens is 1. The van der Waals surface area contributed by atoms with Gasteiger partial charge in [0.2, 0.25) is 11.8 Å². The third-order valence-electron chi connectivity index (χ3n) is 2.71. The van der Waals surface area contributed by atoms with Crippen molar-refractivity contribution in [3.8, 4) is 0 Å². The normalized spacial score (nSPS) is 9.96. The number of hydrogen-bond donors (Lipinski definition) is 3. The van der Waals surface area contributed by atoms with Crippen LogP contribution in [-0.2, 0) is 9.59 Å². The summed E-state index contributed by atoms with van der Waals surface area (Å²) >= 11 is 7.09. The molecule has 2 rings (SSSR count). The molecule has 1 aromatic carbocycles. The lowest BCUT2D eigenvalue weighted by Crippen LogP contribution is -2.40. The molecule has 8 heteroatoms. The van der Waals surface area contributed by atoms with Crippen LogP contribution in [0.4, 0.5) is 5.69 Å². The van der Waals surface area contributed by atoms with Crippen molar-refractivity contribution in [2.45, 2.75) is 0 Å². The number of thiophene rings is 1. The maximum atomic E-state index is 11.7. The molecule has 0 aliphatic rings. The predicted octanol–water partition coefficient (Wildman–Crippen LogP) is 1.89. The quantitative estimate of drug-likeness (QED) is 0.742. The molecule has 0 fully saturated rings. The van der Waals surface area contributed by atoms with Crippen LogP contribution >= 0.6 is 22.9 Å². The van der Waals surface area contributed by atoms with Crippen LogP contribution in [0.3, 0.4) is 0 Å². The molecule has 0 bridgehead atoms. The second-order valence-electron chi connectivity index (χ2n) is 4.50. The summed E-state index contributed by atoms with van der Waals surface area (Å²) in [6, 6.07) is 10.1. The van der Waals surface area contributed by atoms with E-state index in [1.165, 1.54) is 11.3 Å². The highest BCUT2D eigenvalue weighted by Gasteiger charge is 2.10. The Hall–Kier alpha value is -2.38. The lowest BCUT2D eigenvalue weighted by atomic mass is 10.3. The van der Waals surface area contributed by atoms with Crippen LogP contribution in [0.5, 0.6) is 0 Å². The first-order valence-corrected chi connectivity index (χ1v) is 7.94. The van der Waals surface area contributed by atoms with Crippen LogP contribution in [0.1, 0.15) is 9.67 Å². The first-order valence-electron chi connectivity index (χ1n) is 6.68. The zero-order valence-corrected chi connectivity index (χ0v) is 13.5. The summed E-state index contributed by atoms with van der Waals surface area (Å²) in [5.74, 6) is -1.15. The van der Waals surface area contributed by atoms with Gasteiger partial charge in [0.1, 0.15) is 0 Å². The second kappa shape index (κ2) is 8.30. The van der Waals surface area contributed by atoms with E-state index in [2.05, 4.69) is 16.0 Å². The highest BCUT2D eigenvalue weighted by molar-refractivity contribution is 7.12. The Bertz CT molecular complexity index is 704. The van der Waals surface area contributed by atoms with Crippen LogP contribution in [0.15, 0.2) is 41.8 Å². The van der Waals surface area contributed by atoms with Gasteiger partial charge in [-0.1, -0.05) is 23.7 Å². The van der Waals surface area contributed by atoms with E-state index in [0.29, 0.717) is 15.6 Å². The van der Waals surface area contributed by atoms with Crippen molar-refractivity contribution in [3.05, 3.63) is 51.7 Å². The Morgan fingerprint density at radius 2 is 1.78 bits per heavy atom. The Morgan fingerprint density at radius 3 is 2.48 bits per heavy atom. The van der Waals surface area contributed by atoms with Gasteiger partial charge < -0.3 is 16.0 Å². The van der Waals surface area contributed by atoms with Crippen molar-refractivity contribution < 1.29 is 14.4 Å². The molecule has 3 N–H and O–H groups in total. The van der Waals surface area contributed by atoms with E-state index < -0.39 is 5.91 Å². The number of carbonyl (C=O) groups is 3. The number of amides is 3. The number of nitrogens with one attached hydrogen (secondary N) is 3. The Kier molecular flexibility index (Phi) is 6.13. The van der Waals surface area contributed by atoms with Gasteiger partial charge in [0, 0.05) is 10.7 Å². The highest BCUT2D eigenvalue weighted by Crippen LogP contribution is 2.14. The second-order valence-corrected chi connectivity index (χ2v) is 5.88. The lowest BCUT2D eigenvalue weighted by molar-refractivity contribution is -0.123. The summed E-state index contributed by atoms with van der Waals surface area (Å²) in [4.78, 5) is 35.5. The van der Waals surface area contributed by atoms with Crippen molar-refractivity contribution in [2.75, 3.05) is 18.4 Å². The minimum atomic E-state index is -0.448. The van der Waals surface area contributed by atoms with Crippen molar-refractivity contribution in [1.82, 2.24) is 10.6 Å². The fourth-order valence-corrected chi connectivity index (χ4v) is 2.50. The number of anilines is 1. The van der Waals surface area contributed by atoms with E-state index in [-0.39, 0.29) is 24.9 Å². The van der Waals surface area contributed by atoms with E-state index in [9.17, 15) is 14.4 Å². The van der Waals surface area contributed by atoms with Gasteiger partial charge in [-0.2, -0.15) is 0 Å². The smallest absolute Gasteiger partial charge is 0.261 e. The molecule has 0 saturated carbocycles. The highest BCUT2D eigenvalue weighted by atomic mass is 35.5. The van der Waals surface area contributed by atoms with E-state index in [1.54, 1.807) is 41.8 Å². The fraction of sp³-hybridized carbons (Fsp3) is 0.133. The van der Waals surface area contributed by atoms with E-state index in [1.807, 2.05) is 0 Å². The summed E-state index contributed by atoms with van der Waals surface area (Å²) < 4.78 is 0. The number of benzene rings is 1. The van der Waals surface area contributed by atoms with E-state index in [0.717, 1.165) is 0 Å². The molecule has 0 aliphatic carbocycles. The van der Waals surface area contributed by atoms with Gasteiger partial charge in [-0.3, -0.25) is 14.4 Å². The molecule has 1 heterocycles. The zero-order valence-electron chi connectivity index (χ0n) is 12.0. The molecule has 0 saturated heterocycles. The minimum absolute atomic E-state index is 0.193. The van der Waals surface area contributed by atoms with Gasteiger partial charge >= 0.3 is 0 Å². The maximum Gasteiger partial charge on any atom is 0.261 e. The van der Waals surface area contributed by atoms with Crippen LogP contribution in [0.2, 0.25) is 5.02 Å². The van der Waals surface area contributed by atoms with Crippen molar-refractivity contribution in [2.24, 2.45) is 0 Å². The average molecular weight is 352 g/mol. The molecule has 2 aromatic rings. The van der Waals surface area contributed by atoms with Gasteiger partial charge in [0.25, 0.3) is 5.91 Å². The van der Waals surface area contributed by atoms with E-state index in [4.69, 9.17) is 11.6 Å². The van der Waals surface area contributed by atoms with Crippen molar-refractivity contribution in [1.29, 1.82) is 0 Å². The van der Waals surface area contributed by atoms with Gasteiger partial charge in [-0.15, -0.1) is 11.3 Å². The number of hydrogen-bond acceptors (Lipinski definition) is 4. The molecular formula is C15H14ClN3O3S. The molecule has 6 nitrogen and oxygen atoms in total. The third kappa shape index (κ3) is 5.72. The molecule has 3 amide bonds. The summed E-state index contributed by atoms with van der Waals surface area (Å²) in [6.07, 6.45) is 0. The first kappa shape index (κ1) is 17.0.